The van der Waals surface area contributed by atoms with Crippen molar-refractivity contribution in [2.24, 2.45) is 0 Å². The highest BCUT2D eigenvalue weighted by Crippen LogP contribution is 2.31. The van der Waals surface area contributed by atoms with Crippen molar-refractivity contribution in [3.8, 4) is 0 Å². The van der Waals surface area contributed by atoms with Gasteiger partial charge in [-0.3, -0.25) is 23.7 Å². The van der Waals surface area contributed by atoms with Crippen LogP contribution in [0, 0.1) is 0 Å². The van der Waals surface area contributed by atoms with Gasteiger partial charge < -0.3 is 28.6 Å². The summed E-state index contributed by atoms with van der Waals surface area (Å²) in [5.41, 5.74) is -2.18. The summed E-state index contributed by atoms with van der Waals surface area (Å²) in [5, 5.41) is 0. The Morgan fingerprint density at radius 3 is 1.50 bits per heavy atom. The van der Waals surface area contributed by atoms with E-state index in [1.807, 2.05) is 0 Å². The van der Waals surface area contributed by atoms with Crippen molar-refractivity contribution >= 4 is 34.0 Å². The van der Waals surface area contributed by atoms with Gasteiger partial charge in [0.2, 0.25) is 5.44 Å². The van der Waals surface area contributed by atoms with Crippen LogP contribution in [-0.4, -0.2) is 97.8 Å². The van der Waals surface area contributed by atoms with Crippen LogP contribution < -0.4 is 0 Å². The summed E-state index contributed by atoms with van der Waals surface area (Å²) in [6.45, 7) is 13.5. The molecule has 1 rings (SSSR count). The third-order valence-electron chi connectivity index (χ3n) is 4.58. The Bertz CT molecular complexity index is 790. The van der Waals surface area contributed by atoms with Crippen LogP contribution in [0.1, 0.15) is 48.5 Å². The summed E-state index contributed by atoms with van der Waals surface area (Å²) in [7, 11) is -4.98. The van der Waals surface area contributed by atoms with Gasteiger partial charge in [0.25, 0.3) is 10.1 Å². The lowest BCUT2D eigenvalue weighted by Gasteiger charge is -2.43. The van der Waals surface area contributed by atoms with Crippen LogP contribution in [0.4, 0.5) is 0 Å². The van der Waals surface area contributed by atoms with Crippen LogP contribution in [0.5, 0.6) is 0 Å². The highest BCUT2D eigenvalue weighted by Gasteiger charge is 2.56. The molecule has 1 aliphatic heterocycles. The molecule has 34 heavy (non-hydrogen) atoms. The van der Waals surface area contributed by atoms with Crippen LogP contribution in [0.2, 0.25) is 0 Å². The quantitative estimate of drug-likeness (QED) is 0.254. The summed E-state index contributed by atoms with van der Waals surface area (Å²) in [5.74, 6) is -3.51. The van der Waals surface area contributed by atoms with Crippen LogP contribution in [0.15, 0.2) is 0 Å². The second-order valence-corrected chi connectivity index (χ2v) is 8.70. The highest BCUT2D eigenvalue weighted by atomic mass is 32.2. The number of hydrogen-bond donors (Lipinski definition) is 1. The van der Waals surface area contributed by atoms with Gasteiger partial charge in [0, 0.05) is 27.7 Å². The molecule has 1 saturated heterocycles. The maximum atomic E-state index is 11.7. The molecule has 0 radical (unpaired) electrons. The molecule has 1 N–H and O–H groups in total. The maximum Gasteiger partial charge on any atom is 0.303 e. The lowest BCUT2D eigenvalue weighted by atomic mass is 9.99. The summed E-state index contributed by atoms with van der Waals surface area (Å²) in [4.78, 5) is 47.7. The second-order valence-electron chi connectivity index (χ2n) is 7.20. The van der Waals surface area contributed by atoms with E-state index >= 15 is 0 Å². The van der Waals surface area contributed by atoms with Gasteiger partial charge in [0.05, 0.1) is 0 Å². The zero-order valence-electron chi connectivity index (χ0n) is 20.5. The number of carbonyl (C=O) groups excluding carboxylic acids is 4. The number of rotatable bonds is 9. The van der Waals surface area contributed by atoms with E-state index in [0.717, 1.165) is 27.7 Å². The zero-order chi connectivity index (χ0) is 26.6. The van der Waals surface area contributed by atoms with Crippen molar-refractivity contribution in [2.75, 3.05) is 26.2 Å². The first-order valence-corrected chi connectivity index (χ1v) is 12.2. The molecule has 1 heterocycles. The Morgan fingerprint density at radius 1 is 0.765 bits per heavy atom. The van der Waals surface area contributed by atoms with Gasteiger partial charge in [-0.15, -0.1) is 0 Å². The number of hydrogen-bond acceptors (Lipinski definition) is 12. The Morgan fingerprint density at radius 2 is 1.18 bits per heavy atom. The van der Waals surface area contributed by atoms with E-state index in [0.29, 0.717) is 0 Å². The van der Waals surface area contributed by atoms with E-state index in [4.69, 9.17) is 23.7 Å². The molecule has 14 heteroatoms. The normalized spacial score (nSPS) is 24.3. The average molecular weight is 514 g/mol. The Hall–Kier alpha value is -2.29. The molecule has 1 aliphatic rings. The van der Waals surface area contributed by atoms with E-state index in [9.17, 15) is 32.1 Å². The minimum atomic E-state index is -4.98. The first kappa shape index (κ1) is 31.7. The van der Waals surface area contributed by atoms with Crippen LogP contribution in [0.3, 0.4) is 0 Å². The van der Waals surface area contributed by atoms with Gasteiger partial charge in [-0.2, -0.15) is 8.42 Å². The molecule has 0 unspecified atom stereocenters. The summed E-state index contributed by atoms with van der Waals surface area (Å²) in [6.07, 6.45) is -6.44. The smallest absolute Gasteiger partial charge is 0.303 e. The topological polar surface area (TPSA) is 172 Å². The molecule has 0 bridgehead atoms. The molecule has 1 fully saturated rings. The fourth-order valence-corrected chi connectivity index (χ4v) is 3.93. The van der Waals surface area contributed by atoms with E-state index in [-0.39, 0.29) is 0 Å². The number of esters is 4. The largest absolute Gasteiger partial charge is 0.463 e. The van der Waals surface area contributed by atoms with Crippen molar-refractivity contribution in [3.05, 3.63) is 0 Å². The second kappa shape index (κ2) is 14.9. The molecule has 5 atom stereocenters. The minimum absolute atomic E-state index is 0.593. The van der Waals surface area contributed by atoms with Crippen LogP contribution >= 0.6 is 0 Å². The predicted octanol–water partition coefficient (Wildman–Crippen LogP) is 0.305. The van der Waals surface area contributed by atoms with Crippen molar-refractivity contribution in [1.82, 2.24) is 4.90 Å². The van der Waals surface area contributed by atoms with E-state index < -0.39 is 70.5 Å². The number of nitrogens with zero attached hydrogens (tertiary/aromatic N) is 1. The summed E-state index contributed by atoms with van der Waals surface area (Å²) >= 11 is 0. The van der Waals surface area contributed by atoms with Crippen LogP contribution in [0.25, 0.3) is 0 Å². The molecular formula is C20H35NO12S. The molecule has 0 amide bonds. The molecule has 0 aromatic heterocycles. The molecular weight excluding hydrogens is 478 g/mol. The predicted molar refractivity (Wildman–Crippen MR) is 117 cm³/mol. The van der Waals surface area contributed by atoms with E-state index in [1.54, 1.807) is 0 Å². The highest BCUT2D eigenvalue weighted by molar-refractivity contribution is 7.86. The van der Waals surface area contributed by atoms with E-state index in [2.05, 4.69) is 25.7 Å². The summed E-state index contributed by atoms with van der Waals surface area (Å²) in [6, 6.07) is 0. The fourth-order valence-electron chi connectivity index (χ4n) is 3.10. The Labute approximate surface area is 199 Å². The number of carbonyl (C=O) groups is 4. The van der Waals surface area contributed by atoms with Gasteiger partial charge >= 0.3 is 23.9 Å². The Kier molecular flexibility index (Phi) is 13.9. The first-order chi connectivity index (χ1) is 15.7. The van der Waals surface area contributed by atoms with Crippen LogP contribution in [-0.2, 0) is 53.0 Å². The Balaban J connectivity index is 0.00000135. The first-order valence-electron chi connectivity index (χ1n) is 10.7. The monoisotopic (exact) mass is 513 g/mol. The molecule has 0 saturated carbocycles. The summed E-state index contributed by atoms with van der Waals surface area (Å²) < 4.78 is 57.6. The van der Waals surface area contributed by atoms with Crippen molar-refractivity contribution in [3.63, 3.8) is 0 Å². The van der Waals surface area contributed by atoms with Crippen molar-refractivity contribution in [1.29, 1.82) is 0 Å². The third-order valence-corrected chi connectivity index (χ3v) is 5.55. The fraction of sp³-hybridized carbons (Fsp3) is 0.800. The molecule has 13 nitrogen and oxygen atoms in total. The van der Waals surface area contributed by atoms with Gasteiger partial charge in [0.15, 0.2) is 18.3 Å². The SMILES string of the molecule is CC(=O)OC[C@H]1O[C@@H](S(=O)(=O)O)[C@H](OC(C)=O)[C@@H](OC(C)=O)[C@@H]1OC(C)=O.CCN(CC)CC. The molecule has 0 aliphatic carbocycles. The lowest BCUT2D eigenvalue weighted by molar-refractivity contribution is -0.239. The molecule has 0 aromatic rings. The van der Waals surface area contributed by atoms with E-state index in [1.165, 1.54) is 19.6 Å². The lowest BCUT2D eigenvalue weighted by Crippen LogP contribution is -2.63. The third kappa shape index (κ3) is 11.2. The average Bonchev–Trinajstić information content (AvgIpc) is 2.69. The molecule has 0 aromatic carbocycles. The zero-order valence-corrected chi connectivity index (χ0v) is 21.3. The van der Waals surface area contributed by atoms with Gasteiger partial charge in [-0.05, 0) is 19.6 Å². The van der Waals surface area contributed by atoms with Crippen molar-refractivity contribution in [2.45, 2.75) is 78.3 Å². The standard InChI is InChI=1S/C14H20O12S.C6H15N/c1-6(15)22-5-10-11(23-7(2)16)12(24-8(3)17)13(25-9(4)18)14(26-10)27(19,20)21;1-4-7(5-2)6-3/h10-14H,5H2,1-4H3,(H,19,20,21);4-6H2,1-3H3/t10-,11-,12+,13-,14+;/m1./s1. The minimum Gasteiger partial charge on any atom is -0.463 e. The van der Waals surface area contributed by atoms with Gasteiger partial charge in [-0.1, -0.05) is 20.8 Å². The maximum absolute atomic E-state index is 11.7. The van der Waals surface area contributed by atoms with Crippen molar-refractivity contribution < 1.29 is 55.8 Å². The van der Waals surface area contributed by atoms with Gasteiger partial charge in [0.1, 0.15) is 12.7 Å². The molecule has 198 valence electrons. The van der Waals surface area contributed by atoms with Gasteiger partial charge in [-0.25, -0.2) is 0 Å². The molecule has 0 spiro atoms. The number of ether oxygens (including phenoxy) is 5.